The molecule has 14 heavy (non-hydrogen) atoms. The van der Waals surface area contributed by atoms with Crippen LogP contribution in [0.25, 0.3) is 0 Å². The lowest BCUT2D eigenvalue weighted by Gasteiger charge is -2.07. The Kier molecular flexibility index (Phi) is 11.8. The van der Waals surface area contributed by atoms with Crippen LogP contribution in [0.5, 0.6) is 0 Å². The van der Waals surface area contributed by atoms with E-state index in [-0.39, 0.29) is 18.8 Å². The van der Waals surface area contributed by atoms with Gasteiger partial charge in [-0.05, 0) is 6.92 Å². The summed E-state index contributed by atoms with van der Waals surface area (Å²) in [6.07, 6.45) is -0.0648. The third-order valence-corrected chi connectivity index (χ3v) is 1.43. The van der Waals surface area contributed by atoms with Crippen LogP contribution in [0.4, 0.5) is 0 Å². The number of amides is 1. The van der Waals surface area contributed by atoms with E-state index in [1.54, 1.807) is 28.3 Å². The molecule has 0 saturated heterocycles. The van der Waals surface area contributed by atoms with E-state index in [2.05, 4.69) is 14.2 Å². The second-order valence-corrected chi connectivity index (χ2v) is 2.76. The van der Waals surface area contributed by atoms with Crippen LogP contribution in [0.3, 0.4) is 0 Å². The molecule has 0 saturated carbocycles. The van der Waals surface area contributed by atoms with Crippen LogP contribution in [-0.4, -0.2) is 59.1 Å². The van der Waals surface area contributed by atoms with Gasteiger partial charge in [0, 0.05) is 35.4 Å². The van der Waals surface area contributed by atoms with Crippen molar-refractivity contribution in [1.29, 1.82) is 0 Å². The van der Waals surface area contributed by atoms with Gasteiger partial charge in [-0.25, -0.2) is 0 Å². The Balaban J connectivity index is 0. The van der Waals surface area contributed by atoms with Crippen molar-refractivity contribution in [3.8, 4) is 0 Å². The molecule has 1 amide bonds. The van der Waals surface area contributed by atoms with Crippen molar-refractivity contribution < 1.29 is 19.0 Å². The summed E-state index contributed by atoms with van der Waals surface area (Å²) in [6.45, 7) is 2.01. The summed E-state index contributed by atoms with van der Waals surface area (Å²) in [4.78, 5) is 12.0. The molecule has 0 spiro atoms. The third kappa shape index (κ3) is 11.4. The maximum absolute atomic E-state index is 10.5. The number of hydrogen-bond acceptors (Lipinski definition) is 4. The molecule has 5 heteroatoms. The zero-order valence-electron chi connectivity index (χ0n) is 9.86. The minimum absolute atomic E-state index is 0.00694. The number of hydrogen-bond donors (Lipinski definition) is 0. The summed E-state index contributed by atoms with van der Waals surface area (Å²) < 4.78 is 13.9. The van der Waals surface area contributed by atoms with Crippen molar-refractivity contribution in [3.63, 3.8) is 0 Å². The van der Waals surface area contributed by atoms with Crippen LogP contribution < -0.4 is 0 Å². The van der Waals surface area contributed by atoms with E-state index >= 15 is 0 Å². The maximum atomic E-state index is 10.5. The van der Waals surface area contributed by atoms with Gasteiger partial charge >= 0.3 is 0 Å². The SMILES string of the molecule is COC(C)OC.COCC(=O)N(C)C. The van der Waals surface area contributed by atoms with Gasteiger partial charge in [0.2, 0.25) is 5.91 Å². The van der Waals surface area contributed by atoms with Crippen LogP contribution >= 0.6 is 0 Å². The topological polar surface area (TPSA) is 48.0 Å². The first-order chi connectivity index (χ1) is 6.49. The third-order valence-electron chi connectivity index (χ3n) is 1.43. The second-order valence-electron chi connectivity index (χ2n) is 2.76. The summed E-state index contributed by atoms with van der Waals surface area (Å²) in [6, 6.07) is 0. The Hall–Kier alpha value is -0.650. The van der Waals surface area contributed by atoms with E-state index in [9.17, 15) is 4.79 Å². The Morgan fingerprint density at radius 2 is 1.64 bits per heavy atom. The Morgan fingerprint density at radius 3 is 1.71 bits per heavy atom. The Morgan fingerprint density at radius 1 is 1.21 bits per heavy atom. The molecular weight excluding hydrogens is 186 g/mol. The molecule has 0 aromatic carbocycles. The van der Waals surface area contributed by atoms with Gasteiger partial charge in [0.15, 0.2) is 6.29 Å². The molecule has 0 aliphatic heterocycles. The predicted octanol–water partition coefficient (Wildman–Crippen LogP) is 0.346. The molecule has 0 aliphatic rings. The number of nitrogens with zero attached hydrogens (tertiary/aromatic N) is 1. The van der Waals surface area contributed by atoms with Gasteiger partial charge in [0.1, 0.15) is 6.61 Å². The lowest BCUT2D eigenvalue weighted by atomic mass is 10.6. The molecule has 0 heterocycles. The van der Waals surface area contributed by atoms with Gasteiger partial charge in [0.05, 0.1) is 0 Å². The molecule has 0 N–H and O–H groups in total. The molecular formula is C9H21NO4. The first-order valence-corrected chi connectivity index (χ1v) is 4.24. The Labute approximate surface area is 85.9 Å². The quantitative estimate of drug-likeness (QED) is 0.624. The largest absolute Gasteiger partial charge is 0.375 e. The molecule has 0 unspecified atom stereocenters. The van der Waals surface area contributed by atoms with Gasteiger partial charge in [-0.2, -0.15) is 0 Å². The minimum Gasteiger partial charge on any atom is -0.375 e. The van der Waals surface area contributed by atoms with Crippen molar-refractivity contribution in [1.82, 2.24) is 4.90 Å². The van der Waals surface area contributed by atoms with Crippen molar-refractivity contribution >= 4 is 5.91 Å². The summed E-state index contributed by atoms with van der Waals surface area (Å²) in [7, 11) is 8.10. The summed E-state index contributed by atoms with van der Waals surface area (Å²) in [5.74, 6) is -0.00694. The molecule has 0 aromatic rings. The number of ether oxygens (including phenoxy) is 3. The fourth-order valence-corrected chi connectivity index (χ4v) is 0.349. The van der Waals surface area contributed by atoms with Gasteiger partial charge in [-0.3, -0.25) is 4.79 Å². The highest BCUT2D eigenvalue weighted by Crippen LogP contribution is 1.83. The maximum Gasteiger partial charge on any atom is 0.248 e. The zero-order valence-corrected chi connectivity index (χ0v) is 9.86. The number of rotatable bonds is 4. The van der Waals surface area contributed by atoms with E-state index < -0.39 is 0 Å². The number of carbonyl (C=O) groups is 1. The lowest BCUT2D eigenvalue weighted by Crippen LogP contribution is -2.25. The summed E-state index contributed by atoms with van der Waals surface area (Å²) >= 11 is 0. The predicted molar refractivity (Wildman–Crippen MR) is 54.1 cm³/mol. The van der Waals surface area contributed by atoms with E-state index in [1.807, 2.05) is 6.92 Å². The first kappa shape index (κ1) is 15.8. The molecule has 0 atom stereocenters. The highest BCUT2D eigenvalue weighted by Gasteiger charge is 1.99. The van der Waals surface area contributed by atoms with Crippen LogP contribution in [0.2, 0.25) is 0 Å². The molecule has 0 aliphatic carbocycles. The van der Waals surface area contributed by atoms with Crippen LogP contribution in [0, 0.1) is 0 Å². The minimum atomic E-state index is -0.0648. The van der Waals surface area contributed by atoms with Crippen molar-refractivity contribution in [2.45, 2.75) is 13.2 Å². The summed E-state index contributed by atoms with van der Waals surface area (Å²) in [5, 5.41) is 0. The van der Waals surface area contributed by atoms with Crippen molar-refractivity contribution in [2.24, 2.45) is 0 Å². The van der Waals surface area contributed by atoms with Crippen LogP contribution in [0.1, 0.15) is 6.92 Å². The average Bonchev–Trinajstić information content (AvgIpc) is 2.18. The first-order valence-electron chi connectivity index (χ1n) is 4.24. The molecule has 5 nitrogen and oxygen atoms in total. The van der Waals surface area contributed by atoms with Gasteiger partial charge in [0.25, 0.3) is 0 Å². The highest BCUT2D eigenvalue weighted by atomic mass is 16.7. The number of likely N-dealkylation sites (N-methyl/N-ethyl adjacent to an activating group) is 1. The van der Waals surface area contributed by atoms with E-state index in [0.29, 0.717) is 0 Å². The molecule has 0 bridgehead atoms. The highest BCUT2D eigenvalue weighted by molar-refractivity contribution is 5.76. The molecule has 0 aromatic heterocycles. The number of methoxy groups -OCH3 is 3. The lowest BCUT2D eigenvalue weighted by molar-refractivity contribution is -0.132. The van der Waals surface area contributed by atoms with E-state index in [0.717, 1.165) is 0 Å². The normalized spacial score (nSPS) is 9.36. The number of carbonyl (C=O) groups excluding carboxylic acids is 1. The fraction of sp³-hybridized carbons (Fsp3) is 0.889. The van der Waals surface area contributed by atoms with Gasteiger partial charge in [-0.15, -0.1) is 0 Å². The fourth-order valence-electron chi connectivity index (χ4n) is 0.349. The molecule has 0 fully saturated rings. The molecule has 0 rings (SSSR count). The zero-order chi connectivity index (χ0) is 11.6. The smallest absolute Gasteiger partial charge is 0.248 e. The van der Waals surface area contributed by atoms with Gasteiger partial charge in [-0.1, -0.05) is 0 Å². The molecule has 86 valence electrons. The van der Waals surface area contributed by atoms with E-state index in [4.69, 9.17) is 0 Å². The van der Waals surface area contributed by atoms with E-state index in [1.165, 1.54) is 12.0 Å². The van der Waals surface area contributed by atoms with Crippen LogP contribution in [-0.2, 0) is 19.0 Å². The van der Waals surface area contributed by atoms with Crippen LogP contribution in [0.15, 0.2) is 0 Å². The second kappa shape index (κ2) is 10.4. The Bertz CT molecular complexity index is 135. The van der Waals surface area contributed by atoms with Gasteiger partial charge < -0.3 is 19.1 Å². The monoisotopic (exact) mass is 207 g/mol. The standard InChI is InChI=1S/C5H11NO2.C4H10O2/c1-6(2)5(7)4-8-3;1-4(5-2)6-3/h4H2,1-3H3;4H,1-3H3. The molecule has 0 radical (unpaired) electrons. The van der Waals surface area contributed by atoms with Crippen molar-refractivity contribution in [2.75, 3.05) is 42.0 Å². The van der Waals surface area contributed by atoms with Crippen molar-refractivity contribution in [3.05, 3.63) is 0 Å². The summed E-state index contributed by atoms with van der Waals surface area (Å²) in [5.41, 5.74) is 0. The average molecular weight is 207 g/mol.